The molecule has 0 heteroatoms. The van der Waals surface area contributed by atoms with Gasteiger partial charge >= 0.3 is 0 Å². The summed E-state index contributed by atoms with van der Waals surface area (Å²) in [5.74, 6) is 2.03. The second-order valence-corrected chi connectivity index (χ2v) is 7.80. The van der Waals surface area contributed by atoms with Crippen LogP contribution >= 0.6 is 0 Å². The Balaban J connectivity index is 0.000000199. The van der Waals surface area contributed by atoms with Gasteiger partial charge in [0.25, 0.3) is 0 Å². The van der Waals surface area contributed by atoms with Crippen LogP contribution in [0.15, 0.2) is 0 Å². The standard InChI is InChI=1S/C11H22.C7H14/c1-10-6-4-8-11(2,3)9-5-7-10;1-7-5-3-2-4-6-7/h10H,4-9H2,1-3H3;7H,2-6H2,1H3. The van der Waals surface area contributed by atoms with Crippen molar-refractivity contribution in [2.75, 3.05) is 0 Å². The minimum atomic E-state index is 0.639. The van der Waals surface area contributed by atoms with Crippen LogP contribution in [0.25, 0.3) is 0 Å². The summed E-state index contributed by atoms with van der Waals surface area (Å²) in [5.41, 5.74) is 0.639. The molecule has 0 radical (unpaired) electrons. The SMILES string of the molecule is CC1CCCC(C)(C)CCC1.CC1CCCCC1. The van der Waals surface area contributed by atoms with Gasteiger partial charge in [0.05, 0.1) is 0 Å². The predicted molar refractivity (Wildman–Crippen MR) is 82.9 cm³/mol. The summed E-state index contributed by atoms with van der Waals surface area (Å²) in [4.78, 5) is 0. The predicted octanol–water partition coefficient (Wildman–Crippen LogP) is 6.59. The summed E-state index contributed by atoms with van der Waals surface area (Å²) in [7, 11) is 0. The molecular weight excluding hydrogens is 216 g/mol. The zero-order valence-electron chi connectivity index (χ0n) is 13.4. The molecule has 18 heavy (non-hydrogen) atoms. The second-order valence-electron chi connectivity index (χ2n) is 7.80. The summed E-state index contributed by atoms with van der Waals surface area (Å²) in [6.45, 7) is 9.60. The molecule has 0 atom stereocenters. The Kier molecular flexibility index (Phi) is 7.34. The molecule has 0 unspecified atom stereocenters. The van der Waals surface area contributed by atoms with E-state index in [1.807, 2.05) is 0 Å². The van der Waals surface area contributed by atoms with Crippen LogP contribution in [0.4, 0.5) is 0 Å². The van der Waals surface area contributed by atoms with E-state index in [-0.39, 0.29) is 0 Å². The zero-order chi connectivity index (χ0) is 13.4. The average Bonchev–Trinajstić information content (AvgIpc) is 2.28. The first-order valence-electron chi connectivity index (χ1n) is 8.49. The molecule has 0 aromatic heterocycles. The van der Waals surface area contributed by atoms with E-state index in [2.05, 4.69) is 27.7 Å². The number of rotatable bonds is 0. The van der Waals surface area contributed by atoms with Gasteiger partial charge in [0, 0.05) is 0 Å². The van der Waals surface area contributed by atoms with E-state index in [1.165, 1.54) is 70.6 Å². The van der Waals surface area contributed by atoms with E-state index in [9.17, 15) is 0 Å². The lowest BCUT2D eigenvalue weighted by Gasteiger charge is -2.28. The Morgan fingerprint density at radius 3 is 1.33 bits per heavy atom. The molecule has 0 saturated heterocycles. The molecule has 2 rings (SSSR count). The van der Waals surface area contributed by atoms with E-state index in [0.29, 0.717) is 5.41 Å². The normalized spacial score (nSPS) is 26.7. The van der Waals surface area contributed by atoms with Gasteiger partial charge in [-0.2, -0.15) is 0 Å². The van der Waals surface area contributed by atoms with E-state index in [0.717, 1.165) is 11.8 Å². The van der Waals surface area contributed by atoms with Crippen LogP contribution in [-0.4, -0.2) is 0 Å². The smallest absolute Gasteiger partial charge is 0.0354 e. The number of hydrogen-bond acceptors (Lipinski definition) is 0. The van der Waals surface area contributed by atoms with Crippen molar-refractivity contribution in [1.29, 1.82) is 0 Å². The van der Waals surface area contributed by atoms with Crippen LogP contribution in [0.1, 0.15) is 98.3 Å². The molecule has 2 aliphatic rings. The van der Waals surface area contributed by atoms with Crippen molar-refractivity contribution in [3.63, 3.8) is 0 Å². The summed E-state index contributed by atoms with van der Waals surface area (Å²) in [6, 6.07) is 0. The molecule has 0 N–H and O–H groups in total. The van der Waals surface area contributed by atoms with Gasteiger partial charge in [-0.3, -0.25) is 0 Å². The first-order valence-corrected chi connectivity index (χ1v) is 8.49. The summed E-state index contributed by atoms with van der Waals surface area (Å²) in [5, 5.41) is 0. The maximum atomic E-state index is 2.42. The van der Waals surface area contributed by atoms with Crippen molar-refractivity contribution >= 4 is 0 Å². The highest BCUT2D eigenvalue weighted by molar-refractivity contribution is 4.72. The highest BCUT2D eigenvalue weighted by Crippen LogP contribution is 2.34. The van der Waals surface area contributed by atoms with Gasteiger partial charge < -0.3 is 0 Å². The maximum absolute atomic E-state index is 2.42. The van der Waals surface area contributed by atoms with Crippen molar-refractivity contribution in [3.05, 3.63) is 0 Å². The van der Waals surface area contributed by atoms with Crippen LogP contribution in [0.3, 0.4) is 0 Å². The van der Waals surface area contributed by atoms with Crippen molar-refractivity contribution < 1.29 is 0 Å². The fourth-order valence-corrected chi connectivity index (χ4v) is 3.43. The van der Waals surface area contributed by atoms with Crippen molar-refractivity contribution in [2.24, 2.45) is 17.3 Å². The third kappa shape index (κ3) is 7.44. The summed E-state index contributed by atoms with van der Waals surface area (Å²) in [6.07, 6.45) is 16.1. The fourth-order valence-electron chi connectivity index (χ4n) is 3.43. The molecule has 2 aliphatic carbocycles. The second kappa shape index (κ2) is 8.23. The lowest BCUT2D eigenvalue weighted by atomic mass is 9.78. The van der Waals surface area contributed by atoms with Crippen LogP contribution in [0.5, 0.6) is 0 Å². The molecule has 2 fully saturated rings. The molecule has 0 aliphatic heterocycles. The highest BCUT2D eigenvalue weighted by Gasteiger charge is 2.20. The molecule has 0 spiro atoms. The van der Waals surface area contributed by atoms with E-state index < -0.39 is 0 Å². The Morgan fingerprint density at radius 2 is 1.00 bits per heavy atom. The minimum Gasteiger partial charge on any atom is -0.0625 e. The Bertz CT molecular complexity index is 186. The first-order chi connectivity index (χ1) is 8.49. The third-order valence-electron chi connectivity index (χ3n) is 4.99. The van der Waals surface area contributed by atoms with Gasteiger partial charge in [0.1, 0.15) is 0 Å². The van der Waals surface area contributed by atoms with Gasteiger partial charge in [0.2, 0.25) is 0 Å². The van der Waals surface area contributed by atoms with Crippen LogP contribution in [0.2, 0.25) is 0 Å². The van der Waals surface area contributed by atoms with E-state index in [1.54, 1.807) is 0 Å². The summed E-state index contributed by atoms with van der Waals surface area (Å²) < 4.78 is 0. The monoisotopic (exact) mass is 252 g/mol. The van der Waals surface area contributed by atoms with E-state index in [4.69, 9.17) is 0 Å². The molecule has 0 nitrogen and oxygen atoms in total. The molecule has 0 amide bonds. The van der Waals surface area contributed by atoms with Crippen molar-refractivity contribution in [1.82, 2.24) is 0 Å². The topological polar surface area (TPSA) is 0 Å². The van der Waals surface area contributed by atoms with Crippen molar-refractivity contribution in [2.45, 2.75) is 98.3 Å². The highest BCUT2D eigenvalue weighted by atomic mass is 14.3. The van der Waals surface area contributed by atoms with Gasteiger partial charge in [-0.25, -0.2) is 0 Å². The van der Waals surface area contributed by atoms with Crippen molar-refractivity contribution in [3.8, 4) is 0 Å². The van der Waals surface area contributed by atoms with Gasteiger partial charge in [-0.15, -0.1) is 0 Å². The summed E-state index contributed by atoms with van der Waals surface area (Å²) >= 11 is 0. The van der Waals surface area contributed by atoms with Gasteiger partial charge in [-0.05, 0) is 30.1 Å². The lowest BCUT2D eigenvalue weighted by Crippen LogP contribution is -2.14. The molecule has 0 heterocycles. The number of hydrogen-bond donors (Lipinski definition) is 0. The quantitative estimate of drug-likeness (QED) is 0.456. The third-order valence-corrected chi connectivity index (χ3v) is 4.99. The van der Waals surface area contributed by atoms with Crippen LogP contribution in [0, 0.1) is 17.3 Å². The largest absolute Gasteiger partial charge is 0.0625 e. The molecular formula is C18H36. The Hall–Kier alpha value is 0. The maximum Gasteiger partial charge on any atom is -0.0354 e. The Labute approximate surface area is 116 Å². The van der Waals surface area contributed by atoms with Crippen LogP contribution < -0.4 is 0 Å². The van der Waals surface area contributed by atoms with Gasteiger partial charge in [-0.1, -0.05) is 85.5 Å². The molecule has 2 saturated carbocycles. The minimum absolute atomic E-state index is 0.639. The molecule has 0 aromatic carbocycles. The van der Waals surface area contributed by atoms with Crippen LogP contribution in [-0.2, 0) is 0 Å². The molecule has 0 bridgehead atoms. The molecule has 0 aromatic rings. The van der Waals surface area contributed by atoms with E-state index >= 15 is 0 Å². The Morgan fingerprint density at radius 1 is 0.611 bits per heavy atom. The zero-order valence-corrected chi connectivity index (χ0v) is 13.4. The fraction of sp³-hybridized carbons (Fsp3) is 1.00. The first kappa shape index (κ1) is 16.1. The van der Waals surface area contributed by atoms with Gasteiger partial charge in [0.15, 0.2) is 0 Å². The average molecular weight is 252 g/mol. The lowest BCUT2D eigenvalue weighted by molar-refractivity contribution is 0.243. The molecule has 108 valence electrons.